The molecule has 0 aromatic heterocycles. The van der Waals surface area contributed by atoms with Gasteiger partial charge in [0.25, 0.3) is 0 Å². The minimum atomic E-state index is -0.461. The molecule has 0 saturated carbocycles. The van der Waals surface area contributed by atoms with Crippen LogP contribution in [0.5, 0.6) is 0 Å². The van der Waals surface area contributed by atoms with E-state index in [0.29, 0.717) is 0 Å². The summed E-state index contributed by atoms with van der Waals surface area (Å²) in [7, 11) is 0. The predicted molar refractivity (Wildman–Crippen MR) is 306 cm³/mol. The van der Waals surface area contributed by atoms with Crippen LogP contribution in [0.15, 0.2) is 249 Å². The van der Waals surface area contributed by atoms with Crippen molar-refractivity contribution in [3.63, 3.8) is 0 Å². The molecule has 0 radical (unpaired) electrons. The summed E-state index contributed by atoms with van der Waals surface area (Å²) in [6.07, 6.45) is 0. The molecular weight excluding hydrogens is 879 g/mol. The lowest BCUT2D eigenvalue weighted by Crippen LogP contribution is -2.25. The van der Waals surface area contributed by atoms with Crippen molar-refractivity contribution in [2.24, 2.45) is 0 Å². The number of rotatable bonds is 7. The summed E-state index contributed by atoms with van der Waals surface area (Å²) in [5, 5.41) is 0. The molecule has 3 aliphatic carbocycles. The molecule has 0 bridgehead atoms. The van der Waals surface area contributed by atoms with Crippen molar-refractivity contribution in [1.29, 1.82) is 0 Å². The molecule has 346 valence electrons. The van der Waals surface area contributed by atoms with Crippen LogP contribution in [0.25, 0.3) is 77.9 Å². The number of hydrogen-bond acceptors (Lipinski definition) is 1. The first-order chi connectivity index (χ1) is 35.8. The monoisotopic (exact) mass is 931 g/mol. The van der Waals surface area contributed by atoms with Gasteiger partial charge in [0.05, 0.1) is 11.1 Å². The van der Waals surface area contributed by atoms with Crippen LogP contribution >= 0.6 is 0 Å². The molecule has 1 nitrogen and oxygen atoms in total. The van der Waals surface area contributed by atoms with Gasteiger partial charge in [-0.25, -0.2) is 0 Å². The standard InChI is InChI=1S/C72H53N/c1-46-42-50(48-20-7-5-8-21-48)34-38-54(46)55-39-36-52(43-47(55)2)73(53-37-40-59-56-24-11-15-29-63(56)71(3,4)68(59)45-53)69-41-35-51(49-22-9-6-10-23-49)44-62(69)60-28-19-33-67-70(60)61-27-14-18-32-66(61)72(67)64-30-16-12-25-57(64)58-26-13-17-31-65(58)72/h5-45H,1-4H3. The lowest BCUT2D eigenvalue weighted by molar-refractivity contribution is 0.660. The largest absolute Gasteiger partial charge is 0.310 e. The molecule has 0 unspecified atom stereocenters. The molecule has 0 saturated heterocycles. The van der Waals surface area contributed by atoms with E-state index in [1.54, 1.807) is 0 Å². The maximum Gasteiger partial charge on any atom is 0.0725 e. The SMILES string of the molecule is Cc1cc(-c2ccccc2)ccc1-c1ccc(N(c2ccc3c(c2)C(C)(C)c2ccccc2-3)c2ccc(-c3ccccc3)cc2-c2cccc3c2-c2ccccc2C32c3ccccc3-c3ccccc32)cc1C. The van der Waals surface area contributed by atoms with Crippen LogP contribution < -0.4 is 4.90 Å². The summed E-state index contributed by atoms with van der Waals surface area (Å²) in [6.45, 7) is 9.29. The highest BCUT2D eigenvalue weighted by Gasteiger charge is 2.52. The van der Waals surface area contributed by atoms with Gasteiger partial charge in [0.1, 0.15) is 0 Å². The smallest absolute Gasteiger partial charge is 0.0725 e. The molecule has 0 N–H and O–H groups in total. The van der Waals surface area contributed by atoms with Gasteiger partial charge < -0.3 is 4.90 Å². The van der Waals surface area contributed by atoms with E-state index in [9.17, 15) is 0 Å². The van der Waals surface area contributed by atoms with E-state index in [4.69, 9.17) is 0 Å². The van der Waals surface area contributed by atoms with E-state index >= 15 is 0 Å². The molecule has 1 heteroatoms. The summed E-state index contributed by atoms with van der Waals surface area (Å²) in [4.78, 5) is 2.54. The van der Waals surface area contributed by atoms with Crippen LogP contribution in [0.1, 0.15) is 58.4 Å². The zero-order valence-electron chi connectivity index (χ0n) is 41.6. The fraction of sp³-hybridized carbons (Fsp3) is 0.0833. The molecule has 11 aromatic rings. The Morgan fingerprint density at radius 1 is 0.274 bits per heavy atom. The highest BCUT2D eigenvalue weighted by atomic mass is 15.1. The summed E-state index contributed by atoms with van der Waals surface area (Å²) >= 11 is 0. The second-order valence-corrected chi connectivity index (χ2v) is 20.8. The maximum absolute atomic E-state index is 2.54. The zero-order valence-corrected chi connectivity index (χ0v) is 41.6. The van der Waals surface area contributed by atoms with Gasteiger partial charge >= 0.3 is 0 Å². The van der Waals surface area contributed by atoms with Crippen LogP contribution in [0.3, 0.4) is 0 Å². The van der Waals surface area contributed by atoms with Gasteiger partial charge in [-0.15, -0.1) is 0 Å². The van der Waals surface area contributed by atoms with Crippen LogP contribution in [0.2, 0.25) is 0 Å². The number of anilines is 3. The number of nitrogens with zero attached hydrogens (tertiary/aromatic N) is 1. The van der Waals surface area contributed by atoms with E-state index < -0.39 is 5.41 Å². The highest BCUT2D eigenvalue weighted by Crippen LogP contribution is 2.64. The Hall–Kier alpha value is -8.78. The Morgan fingerprint density at radius 3 is 1.33 bits per heavy atom. The predicted octanol–water partition coefficient (Wildman–Crippen LogP) is 19.1. The third-order valence-electron chi connectivity index (χ3n) is 16.6. The van der Waals surface area contributed by atoms with Crippen LogP contribution in [0, 0.1) is 13.8 Å². The maximum atomic E-state index is 2.54. The Balaban J connectivity index is 1.02. The molecule has 1 spiro atoms. The van der Waals surface area contributed by atoms with Gasteiger partial charge in [0.15, 0.2) is 0 Å². The minimum absolute atomic E-state index is 0.178. The number of benzene rings is 11. The normalized spacial score (nSPS) is 13.7. The first-order valence-electron chi connectivity index (χ1n) is 25.7. The average molecular weight is 932 g/mol. The Bertz CT molecular complexity index is 3980. The number of fused-ring (bicyclic) bond motifs is 13. The molecule has 0 heterocycles. The Morgan fingerprint density at radius 2 is 0.712 bits per heavy atom. The topological polar surface area (TPSA) is 3.24 Å². The van der Waals surface area contributed by atoms with Crippen molar-refractivity contribution in [3.8, 4) is 77.9 Å². The van der Waals surface area contributed by atoms with Gasteiger partial charge in [0, 0.05) is 22.4 Å². The second-order valence-electron chi connectivity index (χ2n) is 20.8. The van der Waals surface area contributed by atoms with Crippen LogP contribution in [-0.4, -0.2) is 0 Å². The average Bonchev–Trinajstić information content (AvgIpc) is 4.00. The van der Waals surface area contributed by atoms with Crippen molar-refractivity contribution in [2.75, 3.05) is 4.90 Å². The fourth-order valence-corrected chi connectivity index (χ4v) is 13.2. The van der Waals surface area contributed by atoms with Crippen molar-refractivity contribution in [1.82, 2.24) is 0 Å². The molecule has 0 fully saturated rings. The fourth-order valence-electron chi connectivity index (χ4n) is 13.2. The number of aryl methyl sites for hydroxylation is 2. The molecule has 0 atom stereocenters. The van der Waals surface area contributed by atoms with E-state index in [-0.39, 0.29) is 5.41 Å². The minimum Gasteiger partial charge on any atom is -0.310 e. The second kappa shape index (κ2) is 16.4. The van der Waals surface area contributed by atoms with Gasteiger partial charge in [-0.1, -0.05) is 226 Å². The van der Waals surface area contributed by atoms with Gasteiger partial charge in [-0.2, -0.15) is 0 Å². The zero-order chi connectivity index (χ0) is 49.0. The van der Waals surface area contributed by atoms with Crippen molar-refractivity contribution in [2.45, 2.75) is 38.5 Å². The van der Waals surface area contributed by atoms with E-state index in [0.717, 1.165) is 17.1 Å². The van der Waals surface area contributed by atoms with E-state index in [1.165, 1.54) is 122 Å². The van der Waals surface area contributed by atoms with Crippen LogP contribution in [0.4, 0.5) is 17.1 Å². The van der Waals surface area contributed by atoms with Gasteiger partial charge in [-0.05, 0) is 167 Å². The highest BCUT2D eigenvalue weighted by molar-refractivity contribution is 6.03. The van der Waals surface area contributed by atoms with Crippen LogP contribution in [-0.2, 0) is 10.8 Å². The Labute approximate surface area is 429 Å². The van der Waals surface area contributed by atoms with E-state index in [1.807, 2.05) is 0 Å². The molecule has 14 rings (SSSR count). The van der Waals surface area contributed by atoms with Gasteiger partial charge in [-0.3, -0.25) is 0 Å². The first kappa shape index (κ1) is 43.0. The quantitative estimate of drug-likeness (QED) is 0.154. The lowest BCUT2D eigenvalue weighted by atomic mass is 9.70. The first-order valence-corrected chi connectivity index (χ1v) is 25.7. The summed E-state index contributed by atoms with van der Waals surface area (Å²) in [5.74, 6) is 0. The van der Waals surface area contributed by atoms with E-state index in [2.05, 4.69) is 281 Å². The molecule has 0 aliphatic heterocycles. The summed E-state index contributed by atoms with van der Waals surface area (Å²) in [6, 6.07) is 93.5. The molecular formula is C72H53N. The van der Waals surface area contributed by atoms with Crippen molar-refractivity contribution >= 4 is 17.1 Å². The summed E-state index contributed by atoms with van der Waals surface area (Å²) in [5.41, 5.74) is 30.9. The Kier molecular flexibility index (Phi) is 9.66. The molecule has 3 aliphatic rings. The molecule has 73 heavy (non-hydrogen) atoms. The molecule has 0 amide bonds. The van der Waals surface area contributed by atoms with Crippen molar-refractivity contribution in [3.05, 3.63) is 293 Å². The van der Waals surface area contributed by atoms with Crippen molar-refractivity contribution < 1.29 is 0 Å². The lowest BCUT2D eigenvalue weighted by Gasteiger charge is -2.32. The summed E-state index contributed by atoms with van der Waals surface area (Å²) < 4.78 is 0. The third-order valence-corrected chi connectivity index (χ3v) is 16.6. The van der Waals surface area contributed by atoms with Gasteiger partial charge in [0.2, 0.25) is 0 Å². The third kappa shape index (κ3) is 6.35. The number of hydrogen-bond donors (Lipinski definition) is 0. The molecule has 11 aromatic carbocycles.